The van der Waals surface area contributed by atoms with E-state index >= 15 is 0 Å². The maximum Gasteiger partial charge on any atom is 0.329 e. The zero-order valence-corrected chi connectivity index (χ0v) is 26.0. The number of rotatable bonds is 5. The van der Waals surface area contributed by atoms with Crippen molar-refractivity contribution in [1.29, 1.82) is 0 Å². The van der Waals surface area contributed by atoms with Gasteiger partial charge in [0.25, 0.3) is 0 Å². The third-order valence-corrected chi connectivity index (χ3v) is 9.70. The van der Waals surface area contributed by atoms with E-state index in [9.17, 15) is 19.5 Å². The lowest BCUT2D eigenvalue weighted by atomic mass is 10.0. The predicted molar refractivity (Wildman–Crippen MR) is 168 cm³/mol. The molecule has 238 valence electrons. The Morgan fingerprint density at radius 1 is 1.09 bits per heavy atom. The van der Waals surface area contributed by atoms with Crippen LogP contribution in [0.5, 0.6) is 11.5 Å². The first-order valence-electron chi connectivity index (χ1n) is 15.9. The van der Waals surface area contributed by atoms with Crippen molar-refractivity contribution in [3.05, 3.63) is 54.6 Å². The Kier molecular flexibility index (Phi) is 8.68. The molecule has 0 spiro atoms. The van der Waals surface area contributed by atoms with Crippen LogP contribution in [0.1, 0.15) is 52.4 Å². The smallest absolute Gasteiger partial charge is 0.329 e. The van der Waals surface area contributed by atoms with Crippen molar-refractivity contribution in [3.8, 4) is 22.8 Å². The highest BCUT2D eigenvalue weighted by Gasteiger charge is 2.62. The molecule has 1 aliphatic carbocycles. The molecular weight excluding hydrogens is 574 g/mol. The molecule has 2 N–H and O–H groups in total. The summed E-state index contributed by atoms with van der Waals surface area (Å²) in [6, 6.07) is 16.4. The molecular formula is C35H41N3O7. The van der Waals surface area contributed by atoms with Crippen LogP contribution in [0.4, 0.5) is 0 Å². The van der Waals surface area contributed by atoms with E-state index in [0.717, 1.165) is 42.3 Å². The predicted octanol–water partition coefficient (Wildman–Crippen LogP) is 4.83. The molecule has 45 heavy (non-hydrogen) atoms. The second kappa shape index (κ2) is 12.7. The van der Waals surface area contributed by atoms with Gasteiger partial charge in [0.2, 0.25) is 11.8 Å². The number of carbonyl (C=O) groups is 3. The normalized spacial score (nSPS) is 29.1. The quantitative estimate of drug-likeness (QED) is 0.418. The molecule has 2 amide bonds. The Bertz CT molecular complexity index is 1580. The van der Waals surface area contributed by atoms with E-state index in [4.69, 9.17) is 19.2 Å². The van der Waals surface area contributed by atoms with Gasteiger partial charge < -0.3 is 29.5 Å². The Morgan fingerprint density at radius 3 is 2.64 bits per heavy atom. The number of nitrogens with one attached hydrogen (secondary N) is 1. The standard InChI is InChI=1S/C35H41N3O7/c1-21-22(2)44-15-9-5-8-12-24-19-35(24,34(41)42)37-32(39)30-17-26(20-38(30)33(21)40)45-31-18-28(23-10-6-4-7-11-23)36-29-16-25(43-3)13-14-27(29)31/h4,6-7,10-11,13-14,16,18,21-22,24,26,30H,5,8-9,12,15,17,19-20H2,1-3H3,(H,37,39)(H,41,42)/t21-,22+,24?,26+,30-,35+/m0/s1. The molecule has 3 fully saturated rings. The van der Waals surface area contributed by atoms with Crippen LogP contribution < -0.4 is 14.8 Å². The molecule has 2 aromatic carbocycles. The molecule has 3 heterocycles. The summed E-state index contributed by atoms with van der Waals surface area (Å²) in [6.45, 7) is 4.42. The van der Waals surface area contributed by atoms with Gasteiger partial charge in [0.1, 0.15) is 29.2 Å². The highest BCUT2D eigenvalue weighted by Crippen LogP contribution is 2.47. The molecule has 6 rings (SSSR count). The number of hydrogen-bond acceptors (Lipinski definition) is 7. The molecule has 3 aliphatic rings. The van der Waals surface area contributed by atoms with Crippen molar-refractivity contribution in [2.24, 2.45) is 11.8 Å². The molecule has 1 saturated carbocycles. The summed E-state index contributed by atoms with van der Waals surface area (Å²) in [4.78, 5) is 46.6. The minimum Gasteiger partial charge on any atom is -0.497 e. The minimum atomic E-state index is -1.29. The van der Waals surface area contributed by atoms with Crippen molar-refractivity contribution in [2.45, 2.75) is 76.2 Å². The van der Waals surface area contributed by atoms with Crippen LogP contribution in [0, 0.1) is 11.8 Å². The van der Waals surface area contributed by atoms with Gasteiger partial charge in [-0.2, -0.15) is 0 Å². The fourth-order valence-electron chi connectivity index (χ4n) is 6.71. The number of ether oxygens (including phenoxy) is 3. The van der Waals surface area contributed by atoms with E-state index in [1.165, 1.54) is 0 Å². The lowest BCUT2D eigenvalue weighted by molar-refractivity contribution is -0.147. The number of pyridine rings is 1. The van der Waals surface area contributed by atoms with E-state index in [0.29, 0.717) is 30.0 Å². The van der Waals surface area contributed by atoms with Gasteiger partial charge >= 0.3 is 5.97 Å². The zero-order valence-electron chi connectivity index (χ0n) is 26.0. The molecule has 2 saturated heterocycles. The number of fused-ring (bicyclic) bond motifs is 3. The SMILES string of the molecule is COc1ccc2c(O[C@@H]3C[C@H]4C(=O)N[C@]5(C(=O)O)CC5CCCCCO[C@H](C)[C@H](C)C(=O)N4C3)cc(-c3ccccc3)nc2c1. The lowest BCUT2D eigenvalue weighted by Crippen LogP contribution is -2.54. The van der Waals surface area contributed by atoms with Gasteiger partial charge in [-0.05, 0) is 44.2 Å². The average molecular weight is 616 g/mol. The third kappa shape index (κ3) is 6.20. The van der Waals surface area contributed by atoms with Gasteiger partial charge in [0.15, 0.2) is 0 Å². The number of aromatic nitrogens is 1. The van der Waals surface area contributed by atoms with Crippen LogP contribution in [0.2, 0.25) is 0 Å². The van der Waals surface area contributed by atoms with Crippen LogP contribution in [0.15, 0.2) is 54.6 Å². The van der Waals surface area contributed by atoms with Gasteiger partial charge in [0, 0.05) is 36.1 Å². The van der Waals surface area contributed by atoms with Crippen molar-refractivity contribution in [1.82, 2.24) is 15.2 Å². The van der Waals surface area contributed by atoms with E-state index in [1.807, 2.05) is 68.4 Å². The van der Waals surface area contributed by atoms with Gasteiger partial charge in [0.05, 0.1) is 36.9 Å². The maximum atomic E-state index is 13.9. The lowest BCUT2D eigenvalue weighted by Gasteiger charge is -2.29. The van der Waals surface area contributed by atoms with Gasteiger partial charge in [-0.3, -0.25) is 9.59 Å². The zero-order chi connectivity index (χ0) is 31.7. The molecule has 0 radical (unpaired) electrons. The summed E-state index contributed by atoms with van der Waals surface area (Å²) in [7, 11) is 1.60. The Balaban J connectivity index is 1.32. The second-order valence-electron chi connectivity index (χ2n) is 12.6. The summed E-state index contributed by atoms with van der Waals surface area (Å²) in [6.07, 6.45) is 3.10. The van der Waals surface area contributed by atoms with Crippen LogP contribution in [-0.2, 0) is 19.1 Å². The molecule has 2 aliphatic heterocycles. The number of aliphatic carboxylic acids is 1. The first-order chi connectivity index (χ1) is 21.7. The molecule has 1 aromatic heterocycles. The number of methoxy groups -OCH3 is 1. The van der Waals surface area contributed by atoms with Crippen LogP contribution in [0.3, 0.4) is 0 Å². The number of amides is 2. The largest absolute Gasteiger partial charge is 0.497 e. The van der Waals surface area contributed by atoms with Gasteiger partial charge in [-0.1, -0.05) is 50.1 Å². The van der Waals surface area contributed by atoms with E-state index in [1.54, 1.807) is 12.0 Å². The molecule has 1 unspecified atom stereocenters. The summed E-state index contributed by atoms with van der Waals surface area (Å²) >= 11 is 0. The van der Waals surface area contributed by atoms with Crippen molar-refractivity contribution < 1.29 is 33.7 Å². The second-order valence-corrected chi connectivity index (χ2v) is 12.6. The molecule has 0 bridgehead atoms. The Hall–Kier alpha value is -4.18. The summed E-state index contributed by atoms with van der Waals surface area (Å²) < 4.78 is 18.1. The van der Waals surface area contributed by atoms with Gasteiger partial charge in [-0.25, -0.2) is 9.78 Å². The number of benzene rings is 2. The first-order valence-corrected chi connectivity index (χ1v) is 15.9. The molecule has 3 aromatic rings. The van der Waals surface area contributed by atoms with Crippen LogP contribution in [-0.4, -0.2) is 76.8 Å². The number of carbonyl (C=O) groups excluding carboxylic acids is 2. The fourth-order valence-corrected chi connectivity index (χ4v) is 6.71. The van der Waals surface area contributed by atoms with Gasteiger partial charge in [-0.15, -0.1) is 0 Å². The number of carboxylic acids is 1. The average Bonchev–Trinajstić information content (AvgIpc) is 3.59. The number of carboxylic acid groups (broad SMARTS) is 1. The maximum absolute atomic E-state index is 13.9. The number of nitrogens with zero attached hydrogens (tertiary/aromatic N) is 2. The molecule has 10 heteroatoms. The van der Waals surface area contributed by atoms with Crippen LogP contribution >= 0.6 is 0 Å². The van der Waals surface area contributed by atoms with Crippen molar-refractivity contribution >= 4 is 28.7 Å². The van der Waals surface area contributed by atoms with E-state index in [-0.39, 0.29) is 30.9 Å². The Morgan fingerprint density at radius 2 is 1.89 bits per heavy atom. The summed E-state index contributed by atoms with van der Waals surface area (Å²) in [5.41, 5.74) is 1.04. The van der Waals surface area contributed by atoms with Crippen LogP contribution in [0.25, 0.3) is 22.2 Å². The Labute approximate surface area is 263 Å². The monoisotopic (exact) mass is 615 g/mol. The molecule has 6 atom stereocenters. The minimum absolute atomic E-state index is 0.128. The topological polar surface area (TPSA) is 127 Å². The van der Waals surface area contributed by atoms with E-state index < -0.39 is 35.5 Å². The molecule has 10 nitrogen and oxygen atoms in total. The van der Waals surface area contributed by atoms with Crippen molar-refractivity contribution in [3.63, 3.8) is 0 Å². The highest BCUT2D eigenvalue weighted by atomic mass is 16.5. The third-order valence-electron chi connectivity index (χ3n) is 9.70. The van der Waals surface area contributed by atoms with Crippen molar-refractivity contribution in [2.75, 3.05) is 20.3 Å². The summed E-state index contributed by atoms with van der Waals surface area (Å²) in [5.74, 6) is -1.07. The summed E-state index contributed by atoms with van der Waals surface area (Å²) in [5, 5.41) is 13.8. The number of hydrogen-bond donors (Lipinski definition) is 2. The highest BCUT2D eigenvalue weighted by molar-refractivity contribution is 5.95. The first kappa shape index (κ1) is 30.8. The van der Waals surface area contributed by atoms with E-state index in [2.05, 4.69) is 5.32 Å². The fraction of sp³-hybridized carbons (Fsp3) is 0.486.